The molecule has 2 aliphatic carbocycles. The van der Waals surface area contributed by atoms with Gasteiger partial charge in [-0.3, -0.25) is 4.79 Å². The lowest BCUT2D eigenvalue weighted by Gasteiger charge is -2.07. The Bertz CT molecular complexity index is 675. The largest absolute Gasteiger partial charge is 0.289 e. The highest BCUT2D eigenvalue weighted by Crippen LogP contribution is 2.58. The van der Waals surface area contributed by atoms with Gasteiger partial charge in [-0.2, -0.15) is 0 Å². The Hall–Kier alpha value is -1.60. The maximum absolute atomic E-state index is 12.6. The number of benzene rings is 2. The number of fused-ring (bicyclic) bond motifs is 5. The lowest BCUT2D eigenvalue weighted by atomic mass is 9.96. The summed E-state index contributed by atoms with van der Waals surface area (Å²) in [6, 6.07) is 13.7. The van der Waals surface area contributed by atoms with E-state index in [1.165, 1.54) is 11.1 Å². The minimum Gasteiger partial charge on any atom is -0.289 e. The second-order valence-corrected chi connectivity index (χ2v) is 5.53. The van der Waals surface area contributed by atoms with Gasteiger partial charge in [-0.15, -0.1) is 0 Å². The smallest absolute Gasteiger partial charge is 0.193 e. The minimum atomic E-state index is 0.121. The van der Waals surface area contributed by atoms with E-state index in [0.717, 1.165) is 17.5 Å². The summed E-state index contributed by atoms with van der Waals surface area (Å²) in [5.41, 5.74) is 4.02. The maximum atomic E-state index is 12.6. The van der Waals surface area contributed by atoms with Crippen molar-refractivity contribution in [3.05, 3.63) is 69.7 Å². The van der Waals surface area contributed by atoms with E-state index in [9.17, 15) is 4.79 Å². The van der Waals surface area contributed by atoms with Crippen LogP contribution in [0.4, 0.5) is 0 Å². The lowest BCUT2D eigenvalue weighted by molar-refractivity contribution is 0.103. The highest BCUT2D eigenvalue weighted by atomic mass is 35.5. The maximum Gasteiger partial charge on any atom is 0.193 e. The fourth-order valence-electron chi connectivity index (χ4n) is 3.10. The van der Waals surface area contributed by atoms with Gasteiger partial charge in [0.25, 0.3) is 0 Å². The molecule has 1 fully saturated rings. The molecule has 4 rings (SSSR count). The number of hydrogen-bond acceptors (Lipinski definition) is 1. The zero-order valence-electron chi connectivity index (χ0n) is 9.69. The van der Waals surface area contributed by atoms with Crippen LogP contribution in [-0.2, 0) is 0 Å². The Kier molecular flexibility index (Phi) is 1.98. The summed E-state index contributed by atoms with van der Waals surface area (Å²) in [5.74, 6) is 1.15. The van der Waals surface area contributed by atoms with Gasteiger partial charge in [0.1, 0.15) is 0 Å². The summed E-state index contributed by atoms with van der Waals surface area (Å²) in [7, 11) is 0. The van der Waals surface area contributed by atoms with E-state index in [2.05, 4.69) is 6.07 Å². The molecule has 88 valence electrons. The Labute approximate surface area is 110 Å². The first kappa shape index (κ1) is 10.3. The molecular weight excluding hydrogens is 244 g/mol. The molecule has 2 aromatic rings. The molecule has 0 heterocycles. The normalized spacial score (nSPS) is 23.7. The molecule has 0 radical (unpaired) electrons. The van der Waals surface area contributed by atoms with Gasteiger partial charge in [0.2, 0.25) is 0 Å². The van der Waals surface area contributed by atoms with Crippen LogP contribution in [0.1, 0.15) is 45.3 Å². The van der Waals surface area contributed by atoms with Crippen molar-refractivity contribution in [1.82, 2.24) is 0 Å². The molecular formula is C16H11ClO. The lowest BCUT2D eigenvalue weighted by Crippen LogP contribution is -2.05. The van der Waals surface area contributed by atoms with Gasteiger partial charge in [0.15, 0.2) is 5.78 Å². The van der Waals surface area contributed by atoms with Gasteiger partial charge in [0, 0.05) is 16.1 Å². The number of hydrogen-bond donors (Lipinski definition) is 0. The third-order valence-corrected chi connectivity index (χ3v) is 4.29. The van der Waals surface area contributed by atoms with Gasteiger partial charge < -0.3 is 0 Å². The molecule has 0 amide bonds. The van der Waals surface area contributed by atoms with Crippen LogP contribution >= 0.6 is 11.6 Å². The number of halogens is 1. The molecule has 18 heavy (non-hydrogen) atoms. The first-order valence-corrected chi connectivity index (χ1v) is 6.56. The van der Waals surface area contributed by atoms with Gasteiger partial charge in [0.05, 0.1) is 0 Å². The van der Waals surface area contributed by atoms with Crippen molar-refractivity contribution >= 4 is 17.4 Å². The van der Waals surface area contributed by atoms with Crippen LogP contribution in [0.2, 0.25) is 5.02 Å². The van der Waals surface area contributed by atoms with Crippen molar-refractivity contribution in [1.29, 1.82) is 0 Å². The molecule has 0 N–H and O–H groups in total. The van der Waals surface area contributed by atoms with Crippen molar-refractivity contribution < 1.29 is 4.79 Å². The molecule has 2 unspecified atom stereocenters. The molecule has 2 atom stereocenters. The predicted molar refractivity (Wildman–Crippen MR) is 71.4 cm³/mol. The van der Waals surface area contributed by atoms with E-state index in [4.69, 9.17) is 11.6 Å². The summed E-state index contributed by atoms with van der Waals surface area (Å²) in [5, 5.41) is 0.638. The first-order valence-electron chi connectivity index (χ1n) is 6.19. The summed E-state index contributed by atoms with van der Waals surface area (Å²) >= 11 is 6.03. The SMILES string of the molecule is O=C1c2ccccc2C2CC2c2ccc(Cl)cc21. The van der Waals surface area contributed by atoms with Crippen molar-refractivity contribution in [3.8, 4) is 0 Å². The summed E-state index contributed by atoms with van der Waals surface area (Å²) in [6.45, 7) is 0. The molecule has 0 aliphatic heterocycles. The number of carbonyl (C=O) groups is 1. The van der Waals surface area contributed by atoms with E-state index in [1.54, 1.807) is 0 Å². The van der Waals surface area contributed by atoms with Crippen LogP contribution in [-0.4, -0.2) is 5.78 Å². The third-order valence-electron chi connectivity index (χ3n) is 4.05. The van der Waals surface area contributed by atoms with Crippen molar-refractivity contribution in [3.63, 3.8) is 0 Å². The van der Waals surface area contributed by atoms with Gasteiger partial charge in [-0.05, 0) is 41.5 Å². The van der Waals surface area contributed by atoms with E-state index < -0.39 is 0 Å². The average Bonchev–Trinajstić information content (AvgIpc) is 3.17. The topological polar surface area (TPSA) is 17.1 Å². The van der Waals surface area contributed by atoms with E-state index >= 15 is 0 Å². The van der Waals surface area contributed by atoms with E-state index in [-0.39, 0.29) is 5.78 Å². The van der Waals surface area contributed by atoms with Gasteiger partial charge >= 0.3 is 0 Å². The van der Waals surface area contributed by atoms with Crippen molar-refractivity contribution in [2.45, 2.75) is 18.3 Å². The van der Waals surface area contributed by atoms with Crippen molar-refractivity contribution in [2.75, 3.05) is 0 Å². The number of carbonyl (C=O) groups excluding carboxylic acids is 1. The van der Waals surface area contributed by atoms with Crippen molar-refractivity contribution in [2.24, 2.45) is 0 Å². The molecule has 0 saturated heterocycles. The van der Waals surface area contributed by atoms with Crippen LogP contribution in [0.3, 0.4) is 0 Å². The van der Waals surface area contributed by atoms with Crippen LogP contribution < -0.4 is 0 Å². The zero-order chi connectivity index (χ0) is 12.3. The highest BCUT2D eigenvalue weighted by Gasteiger charge is 2.45. The Morgan fingerprint density at radius 2 is 1.67 bits per heavy atom. The van der Waals surface area contributed by atoms with Crippen LogP contribution in [0.25, 0.3) is 0 Å². The van der Waals surface area contributed by atoms with E-state index in [1.807, 2.05) is 36.4 Å². The molecule has 2 aliphatic rings. The molecule has 2 heteroatoms. The number of rotatable bonds is 0. The quantitative estimate of drug-likeness (QED) is 0.690. The monoisotopic (exact) mass is 254 g/mol. The molecule has 1 saturated carbocycles. The fraction of sp³-hybridized carbons (Fsp3) is 0.188. The Morgan fingerprint density at radius 3 is 2.50 bits per heavy atom. The van der Waals surface area contributed by atoms with Gasteiger partial charge in [-0.1, -0.05) is 41.9 Å². The van der Waals surface area contributed by atoms with E-state index in [0.29, 0.717) is 16.9 Å². The average molecular weight is 255 g/mol. The summed E-state index contributed by atoms with van der Waals surface area (Å²) in [6.07, 6.45) is 1.15. The first-order chi connectivity index (χ1) is 8.75. The standard InChI is InChI=1S/C16H11ClO/c17-9-5-6-11-14-8-13(14)10-3-1-2-4-12(10)16(18)15(11)7-9/h1-7,13-14H,8H2. The molecule has 0 aromatic heterocycles. The Morgan fingerprint density at radius 1 is 0.944 bits per heavy atom. The zero-order valence-corrected chi connectivity index (χ0v) is 10.4. The summed E-state index contributed by atoms with van der Waals surface area (Å²) < 4.78 is 0. The Balaban J connectivity index is 2.01. The third kappa shape index (κ3) is 1.31. The molecule has 0 spiro atoms. The molecule has 2 aromatic carbocycles. The summed E-state index contributed by atoms with van der Waals surface area (Å²) in [4.78, 5) is 12.6. The van der Waals surface area contributed by atoms with Gasteiger partial charge in [-0.25, -0.2) is 0 Å². The number of ketones is 1. The molecule has 0 bridgehead atoms. The molecule has 1 nitrogen and oxygen atoms in total. The van der Waals surface area contributed by atoms with Crippen LogP contribution in [0.5, 0.6) is 0 Å². The second-order valence-electron chi connectivity index (χ2n) is 5.10. The second kappa shape index (κ2) is 3.46. The fourth-order valence-corrected chi connectivity index (χ4v) is 3.28. The van der Waals surface area contributed by atoms with Crippen LogP contribution in [0.15, 0.2) is 42.5 Å². The predicted octanol–water partition coefficient (Wildman–Crippen LogP) is 4.16. The minimum absolute atomic E-state index is 0.121. The van der Waals surface area contributed by atoms with Crippen LogP contribution in [0, 0.1) is 0 Å². The highest BCUT2D eigenvalue weighted by molar-refractivity contribution is 6.31.